The first kappa shape index (κ1) is 16.3. The Bertz CT molecular complexity index is 437. The minimum absolute atomic E-state index is 0.0478. The number of halogens is 3. The van der Waals surface area contributed by atoms with E-state index in [1.165, 1.54) is 37.8 Å². The summed E-state index contributed by atoms with van der Waals surface area (Å²) in [5, 5.41) is 0. The second-order valence-corrected chi connectivity index (χ2v) is 5.93. The van der Waals surface area contributed by atoms with Crippen molar-refractivity contribution in [3.63, 3.8) is 0 Å². The van der Waals surface area contributed by atoms with Gasteiger partial charge in [-0.05, 0) is 36.8 Å². The normalized spacial score (nSPS) is 19.2. The molecular formula is C16H23F3N2. The summed E-state index contributed by atoms with van der Waals surface area (Å²) in [6.07, 6.45) is 3.34. The Morgan fingerprint density at radius 1 is 1.14 bits per heavy atom. The standard InChI is InChI=1S/C16H23F3N2/c17-16(18,19)14-9-5-6-12(10-14)11-15(21-20)13-7-3-1-2-4-8-13/h5-6,9-10,13,15,21H,1-4,7-8,11,20H2. The van der Waals surface area contributed by atoms with E-state index >= 15 is 0 Å². The topological polar surface area (TPSA) is 38.0 Å². The third-order valence-corrected chi connectivity index (χ3v) is 4.39. The quantitative estimate of drug-likeness (QED) is 0.500. The number of alkyl halides is 3. The highest BCUT2D eigenvalue weighted by Gasteiger charge is 2.30. The molecule has 1 fully saturated rings. The SMILES string of the molecule is NNC(Cc1cccc(C(F)(F)F)c1)C1CCCCCC1. The van der Waals surface area contributed by atoms with Crippen LogP contribution in [-0.2, 0) is 12.6 Å². The number of rotatable bonds is 4. The average Bonchev–Trinajstić information content (AvgIpc) is 2.73. The van der Waals surface area contributed by atoms with Crippen molar-refractivity contribution in [2.75, 3.05) is 0 Å². The van der Waals surface area contributed by atoms with Crippen LogP contribution in [0.2, 0.25) is 0 Å². The van der Waals surface area contributed by atoms with E-state index in [1.807, 2.05) is 0 Å². The first-order valence-electron chi connectivity index (χ1n) is 7.63. The van der Waals surface area contributed by atoms with E-state index in [9.17, 15) is 13.2 Å². The smallest absolute Gasteiger partial charge is 0.271 e. The molecular weight excluding hydrogens is 277 g/mol. The molecule has 2 nitrogen and oxygen atoms in total. The lowest BCUT2D eigenvalue weighted by Crippen LogP contribution is -2.42. The zero-order chi connectivity index (χ0) is 15.3. The Hall–Kier alpha value is -1.07. The Morgan fingerprint density at radius 2 is 1.81 bits per heavy atom. The van der Waals surface area contributed by atoms with Gasteiger partial charge in [-0.1, -0.05) is 43.9 Å². The monoisotopic (exact) mass is 300 g/mol. The zero-order valence-corrected chi connectivity index (χ0v) is 12.1. The minimum Gasteiger partial charge on any atom is -0.271 e. The van der Waals surface area contributed by atoms with Gasteiger partial charge in [0.25, 0.3) is 0 Å². The van der Waals surface area contributed by atoms with Gasteiger partial charge in [-0.15, -0.1) is 0 Å². The lowest BCUT2D eigenvalue weighted by atomic mass is 9.88. The molecule has 3 N–H and O–H groups in total. The molecule has 1 aliphatic rings. The van der Waals surface area contributed by atoms with E-state index < -0.39 is 11.7 Å². The number of nitrogens with one attached hydrogen (secondary N) is 1. The Balaban J connectivity index is 2.07. The summed E-state index contributed by atoms with van der Waals surface area (Å²) in [5.74, 6) is 6.11. The molecule has 1 saturated carbocycles. The molecule has 0 bridgehead atoms. The van der Waals surface area contributed by atoms with Crippen LogP contribution in [0.4, 0.5) is 13.2 Å². The van der Waals surface area contributed by atoms with E-state index in [4.69, 9.17) is 5.84 Å². The van der Waals surface area contributed by atoms with Crippen LogP contribution in [0.5, 0.6) is 0 Å². The van der Waals surface area contributed by atoms with Crippen molar-refractivity contribution in [1.29, 1.82) is 0 Å². The molecule has 21 heavy (non-hydrogen) atoms. The molecule has 1 aromatic rings. The van der Waals surface area contributed by atoms with E-state index in [1.54, 1.807) is 6.07 Å². The molecule has 0 aromatic heterocycles. The molecule has 0 spiro atoms. The van der Waals surface area contributed by atoms with E-state index in [0.717, 1.165) is 18.9 Å². The predicted octanol–water partition coefficient (Wildman–Crippen LogP) is 4.05. The fourth-order valence-electron chi connectivity index (χ4n) is 3.20. The molecule has 0 saturated heterocycles. The molecule has 118 valence electrons. The maximum atomic E-state index is 12.8. The average molecular weight is 300 g/mol. The number of hydrazine groups is 1. The highest BCUT2D eigenvalue weighted by atomic mass is 19.4. The summed E-state index contributed by atoms with van der Waals surface area (Å²) in [4.78, 5) is 0. The van der Waals surface area contributed by atoms with Gasteiger partial charge >= 0.3 is 6.18 Å². The van der Waals surface area contributed by atoms with Gasteiger partial charge in [-0.2, -0.15) is 13.2 Å². The van der Waals surface area contributed by atoms with Crippen molar-refractivity contribution in [2.45, 2.75) is 57.2 Å². The van der Waals surface area contributed by atoms with Crippen molar-refractivity contribution in [3.8, 4) is 0 Å². The van der Waals surface area contributed by atoms with E-state index in [2.05, 4.69) is 5.43 Å². The molecule has 0 amide bonds. The third kappa shape index (κ3) is 4.71. The minimum atomic E-state index is -4.29. The van der Waals surface area contributed by atoms with E-state index in [-0.39, 0.29) is 6.04 Å². The van der Waals surface area contributed by atoms with Gasteiger partial charge in [-0.3, -0.25) is 11.3 Å². The number of hydrogen-bond acceptors (Lipinski definition) is 2. The highest BCUT2D eigenvalue weighted by molar-refractivity contribution is 5.26. The van der Waals surface area contributed by atoms with Crippen molar-refractivity contribution >= 4 is 0 Å². The highest BCUT2D eigenvalue weighted by Crippen LogP contribution is 2.31. The first-order chi connectivity index (χ1) is 10.0. The summed E-state index contributed by atoms with van der Waals surface area (Å²) >= 11 is 0. The fraction of sp³-hybridized carbons (Fsp3) is 0.625. The Morgan fingerprint density at radius 3 is 2.38 bits per heavy atom. The maximum Gasteiger partial charge on any atom is 0.416 e. The van der Waals surface area contributed by atoms with Gasteiger partial charge in [0.05, 0.1) is 5.56 Å². The third-order valence-electron chi connectivity index (χ3n) is 4.39. The second-order valence-electron chi connectivity index (χ2n) is 5.93. The van der Waals surface area contributed by atoms with E-state index in [0.29, 0.717) is 17.9 Å². The van der Waals surface area contributed by atoms with Gasteiger partial charge < -0.3 is 0 Å². The van der Waals surface area contributed by atoms with Crippen LogP contribution >= 0.6 is 0 Å². The molecule has 2 rings (SSSR count). The van der Waals surface area contributed by atoms with Gasteiger partial charge in [-0.25, -0.2) is 0 Å². The largest absolute Gasteiger partial charge is 0.416 e. The van der Waals surface area contributed by atoms with Gasteiger partial charge in [0.1, 0.15) is 0 Å². The summed E-state index contributed by atoms with van der Waals surface area (Å²) in [7, 11) is 0. The zero-order valence-electron chi connectivity index (χ0n) is 12.1. The van der Waals surface area contributed by atoms with Crippen molar-refractivity contribution in [3.05, 3.63) is 35.4 Å². The Kier molecular flexibility index (Phi) is 5.65. The van der Waals surface area contributed by atoms with Gasteiger partial charge in [0.2, 0.25) is 0 Å². The molecule has 0 radical (unpaired) electrons. The maximum absolute atomic E-state index is 12.8. The summed E-state index contributed by atoms with van der Waals surface area (Å²) in [6, 6.07) is 5.61. The lowest BCUT2D eigenvalue weighted by molar-refractivity contribution is -0.137. The second kappa shape index (κ2) is 7.27. The molecule has 1 unspecified atom stereocenters. The Labute approximate surface area is 123 Å². The van der Waals surface area contributed by atoms with Crippen LogP contribution in [0.25, 0.3) is 0 Å². The summed E-state index contributed by atoms with van der Waals surface area (Å²) in [6.45, 7) is 0. The van der Waals surface area contributed by atoms with Crippen LogP contribution in [0, 0.1) is 5.92 Å². The lowest BCUT2D eigenvalue weighted by Gasteiger charge is -2.26. The van der Waals surface area contributed by atoms with Crippen LogP contribution in [-0.4, -0.2) is 6.04 Å². The van der Waals surface area contributed by atoms with Crippen LogP contribution in [0.15, 0.2) is 24.3 Å². The molecule has 1 atom stereocenters. The molecule has 0 aliphatic heterocycles. The number of hydrogen-bond donors (Lipinski definition) is 2. The summed E-state index contributed by atoms with van der Waals surface area (Å²) in [5.41, 5.74) is 2.93. The van der Waals surface area contributed by atoms with Crippen LogP contribution < -0.4 is 11.3 Å². The fourth-order valence-corrected chi connectivity index (χ4v) is 3.20. The van der Waals surface area contributed by atoms with Gasteiger partial charge in [0, 0.05) is 6.04 Å². The first-order valence-corrected chi connectivity index (χ1v) is 7.63. The summed E-state index contributed by atoms with van der Waals surface area (Å²) < 4.78 is 38.3. The molecule has 0 heterocycles. The predicted molar refractivity (Wildman–Crippen MR) is 77.5 cm³/mol. The van der Waals surface area contributed by atoms with Crippen molar-refractivity contribution in [1.82, 2.24) is 5.43 Å². The number of nitrogens with two attached hydrogens (primary N) is 1. The molecule has 1 aliphatic carbocycles. The van der Waals surface area contributed by atoms with Gasteiger partial charge in [0.15, 0.2) is 0 Å². The van der Waals surface area contributed by atoms with Crippen molar-refractivity contribution < 1.29 is 13.2 Å². The molecule has 5 heteroatoms. The van der Waals surface area contributed by atoms with Crippen LogP contribution in [0.3, 0.4) is 0 Å². The molecule has 1 aromatic carbocycles. The van der Waals surface area contributed by atoms with Crippen molar-refractivity contribution in [2.24, 2.45) is 11.8 Å². The number of benzene rings is 1. The van der Waals surface area contributed by atoms with Crippen LogP contribution in [0.1, 0.15) is 49.7 Å².